The first kappa shape index (κ1) is 15.5. The van der Waals surface area contributed by atoms with Crippen LogP contribution in [0.2, 0.25) is 5.02 Å². The van der Waals surface area contributed by atoms with Crippen LogP contribution in [0.3, 0.4) is 0 Å². The van der Waals surface area contributed by atoms with Crippen LogP contribution in [0.1, 0.15) is 38.2 Å². The molecule has 0 amide bonds. The molecule has 1 aromatic rings. The van der Waals surface area contributed by atoms with E-state index in [9.17, 15) is 13.2 Å². The average Bonchev–Trinajstić information content (AvgIpc) is 2.36. The van der Waals surface area contributed by atoms with Gasteiger partial charge in [-0.05, 0) is 42.9 Å². The van der Waals surface area contributed by atoms with Gasteiger partial charge >= 0.3 is 6.18 Å². The molecule has 20 heavy (non-hydrogen) atoms. The number of alkyl halides is 3. The number of hydrogen-bond acceptors (Lipinski definition) is 1. The third kappa shape index (κ3) is 4.05. The lowest BCUT2D eigenvalue weighted by Crippen LogP contribution is -2.21. The summed E-state index contributed by atoms with van der Waals surface area (Å²) in [6, 6.07) is 3.40. The van der Waals surface area contributed by atoms with Gasteiger partial charge in [-0.15, -0.1) is 0 Å². The van der Waals surface area contributed by atoms with Crippen molar-refractivity contribution < 1.29 is 13.2 Å². The molecule has 0 radical (unpaired) electrons. The highest BCUT2D eigenvalue weighted by Crippen LogP contribution is 2.34. The molecule has 1 aliphatic carbocycles. The molecule has 0 saturated heterocycles. The molecule has 112 valence electrons. The Morgan fingerprint density at radius 1 is 1.30 bits per heavy atom. The maximum Gasteiger partial charge on any atom is 0.416 e. The summed E-state index contributed by atoms with van der Waals surface area (Å²) in [4.78, 5) is 0. The van der Waals surface area contributed by atoms with Crippen molar-refractivity contribution in [2.75, 3.05) is 11.9 Å². The quantitative estimate of drug-likeness (QED) is 0.766. The van der Waals surface area contributed by atoms with Crippen LogP contribution in [-0.2, 0) is 6.18 Å². The first-order chi connectivity index (χ1) is 9.36. The predicted octanol–water partition coefficient (Wildman–Crippen LogP) is 5.60. The minimum absolute atomic E-state index is 0.335. The molecule has 0 aromatic heterocycles. The van der Waals surface area contributed by atoms with E-state index < -0.39 is 11.7 Å². The molecule has 0 aliphatic heterocycles. The summed E-state index contributed by atoms with van der Waals surface area (Å²) in [5, 5.41) is 3.42. The SMILES string of the molecule is CC1CCCC(CNc2cc(C(F)(F)F)ccc2Cl)C1. The van der Waals surface area contributed by atoms with Crippen molar-refractivity contribution in [3.05, 3.63) is 28.8 Å². The van der Waals surface area contributed by atoms with Crippen molar-refractivity contribution in [3.63, 3.8) is 0 Å². The van der Waals surface area contributed by atoms with Gasteiger partial charge in [0.1, 0.15) is 0 Å². The minimum Gasteiger partial charge on any atom is -0.384 e. The molecule has 1 fully saturated rings. The maximum absolute atomic E-state index is 12.7. The van der Waals surface area contributed by atoms with Crippen LogP contribution in [-0.4, -0.2) is 6.54 Å². The van der Waals surface area contributed by atoms with Gasteiger partial charge in [-0.25, -0.2) is 0 Å². The lowest BCUT2D eigenvalue weighted by atomic mass is 9.82. The number of benzene rings is 1. The maximum atomic E-state index is 12.7. The van der Waals surface area contributed by atoms with E-state index in [1.54, 1.807) is 0 Å². The summed E-state index contributed by atoms with van der Waals surface area (Å²) in [7, 11) is 0. The highest BCUT2D eigenvalue weighted by molar-refractivity contribution is 6.33. The van der Waals surface area contributed by atoms with E-state index in [1.165, 1.54) is 18.9 Å². The first-order valence-electron chi connectivity index (χ1n) is 6.97. The monoisotopic (exact) mass is 305 g/mol. The zero-order valence-corrected chi connectivity index (χ0v) is 12.2. The summed E-state index contributed by atoms with van der Waals surface area (Å²) in [6.07, 6.45) is 0.378. The summed E-state index contributed by atoms with van der Waals surface area (Å²) in [5.41, 5.74) is -0.291. The van der Waals surface area contributed by atoms with Crippen LogP contribution in [0.25, 0.3) is 0 Å². The highest BCUT2D eigenvalue weighted by atomic mass is 35.5. The molecule has 2 atom stereocenters. The number of nitrogens with one attached hydrogen (secondary N) is 1. The van der Waals surface area contributed by atoms with Gasteiger partial charge in [0, 0.05) is 6.54 Å². The Balaban J connectivity index is 2.01. The van der Waals surface area contributed by atoms with Crippen LogP contribution in [0, 0.1) is 11.8 Å². The molecule has 1 nitrogen and oxygen atoms in total. The molecule has 0 spiro atoms. The van der Waals surface area contributed by atoms with E-state index in [0.29, 0.717) is 29.1 Å². The fourth-order valence-electron chi connectivity index (χ4n) is 2.84. The Morgan fingerprint density at radius 3 is 2.70 bits per heavy atom. The van der Waals surface area contributed by atoms with Gasteiger partial charge < -0.3 is 5.32 Å². The minimum atomic E-state index is -4.33. The molecule has 2 unspecified atom stereocenters. The van der Waals surface area contributed by atoms with Gasteiger partial charge in [0.15, 0.2) is 0 Å². The van der Waals surface area contributed by atoms with Gasteiger partial charge in [-0.1, -0.05) is 31.4 Å². The second-order valence-electron chi connectivity index (χ2n) is 5.71. The summed E-state index contributed by atoms with van der Waals surface area (Å²) < 4.78 is 38.0. The number of hydrogen-bond donors (Lipinski definition) is 1. The van der Waals surface area contributed by atoms with Crippen LogP contribution in [0.5, 0.6) is 0 Å². The van der Waals surface area contributed by atoms with E-state index in [0.717, 1.165) is 25.0 Å². The Labute approximate surface area is 122 Å². The number of rotatable bonds is 3. The predicted molar refractivity (Wildman–Crippen MR) is 76.1 cm³/mol. The van der Waals surface area contributed by atoms with Gasteiger partial charge in [0.25, 0.3) is 0 Å². The molecule has 1 aromatic carbocycles. The largest absolute Gasteiger partial charge is 0.416 e. The summed E-state index contributed by atoms with van der Waals surface area (Å²) in [5.74, 6) is 1.22. The number of anilines is 1. The third-order valence-corrected chi connectivity index (χ3v) is 4.25. The standard InChI is InChI=1S/C15H19ClF3N/c1-10-3-2-4-11(7-10)9-20-14-8-12(15(17,18)19)5-6-13(14)16/h5-6,8,10-11,20H,2-4,7,9H2,1H3. The second-order valence-corrected chi connectivity index (χ2v) is 6.12. The first-order valence-corrected chi connectivity index (χ1v) is 7.34. The fourth-order valence-corrected chi connectivity index (χ4v) is 3.02. The van der Waals surface area contributed by atoms with Gasteiger partial charge in [-0.2, -0.15) is 13.2 Å². The Bertz CT molecular complexity index is 459. The topological polar surface area (TPSA) is 12.0 Å². The Kier molecular flexibility index (Phi) is 4.84. The van der Waals surface area contributed by atoms with Gasteiger partial charge in [0.05, 0.1) is 16.3 Å². The van der Waals surface area contributed by atoms with Crippen molar-refractivity contribution in [1.82, 2.24) is 0 Å². The summed E-state index contributed by atoms with van der Waals surface area (Å²) in [6.45, 7) is 2.91. The van der Waals surface area contributed by atoms with Crippen molar-refractivity contribution in [1.29, 1.82) is 0 Å². The Hall–Kier alpha value is -0.900. The second kappa shape index (κ2) is 6.25. The molecule has 1 saturated carbocycles. The average molecular weight is 306 g/mol. The molecule has 0 heterocycles. The van der Waals surface area contributed by atoms with Gasteiger partial charge in [-0.3, -0.25) is 0 Å². The van der Waals surface area contributed by atoms with Crippen LogP contribution in [0.15, 0.2) is 18.2 Å². The van der Waals surface area contributed by atoms with Crippen LogP contribution < -0.4 is 5.32 Å². The van der Waals surface area contributed by atoms with Crippen LogP contribution in [0.4, 0.5) is 18.9 Å². The smallest absolute Gasteiger partial charge is 0.384 e. The van der Waals surface area contributed by atoms with Gasteiger partial charge in [0.2, 0.25) is 0 Å². The van der Waals surface area contributed by atoms with Crippen molar-refractivity contribution in [3.8, 4) is 0 Å². The van der Waals surface area contributed by atoms with E-state index >= 15 is 0 Å². The Morgan fingerprint density at radius 2 is 2.05 bits per heavy atom. The van der Waals surface area contributed by atoms with Crippen LogP contribution >= 0.6 is 11.6 Å². The lowest BCUT2D eigenvalue weighted by Gasteiger charge is -2.27. The van der Waals surface area contributed by atoms with E-state index in [1.807, 2.05) is 0 Å². The van der Waals surface area contributed by atoms with E-state index in [-0.39, 0.29) is 0 Å². The molecule has 5 heteroatoms. The molecule has 1 aliphatic rings. The molecule has 1 N–H and O–H groups in total. The normalized spacial score (nSPS) is 23.6. The van der Waals surface area contributed by atoms with E-state index in [4.69, 9.17) is 11.6 Å². The van der Waals surface area contributed by atoms with Crippen molar-refractivity contribution in [2.45, 2.75) is 38.8 Å². The zero-order valence-electron chi connectivity index (χ0n) is 11.4. The molecule has 2 rings (SSSR count). The zero-order chi connectivity index (χ0) is 14.8. The number of halogens is 4. The molecular weight excluding hydrogens is 287 g/mol. The molecule has 0 bridgehead atoms. The lowest BCUT2D eigenvalue weighted by molar-refractivity contribution is -0.137. The summed E-state index contributed by atoms with van der Waals surface area (Å²) >= 11 is 5.96. The van der Waals surface area contributed by atoms with Crippen molar-refractivity contribution in [2.24, 2.45) is 11.8 Å². The molecular formula is C15H19ClF3N. The van der Waals surface area contributed by atoms with Crippen molar-refractivity contribution >= 4 is 17.3 Å². The van der Waals surface area contributed by atoms with E-state index in [2.05, 4.69) is 12.2 Å². The highest BCUT2D eigenvalue weighted by Gasteiger charge is 2.31. The fraction of sp³-hybridized carbons (Fsp3) is 0.600. The third-order valence-electron chi connectivity index (χ3n) is 3.92.